The highest BCUT2D eigenvalue weighted by molar-refractivity contribution is 5.77. The van der Waals surface area contributed by atoms with Gasteiger partial charge in [-0.1, -0.05) is 31.4 Å². The third-order valence-electron chi connectivity index (χ3n) is 5.41. The van der Waals surface area contributed by atoms with Crippen molar-refractivity contribution in [3.63, 3.8) is 0 Å². The lowest BCUT2D eigenvalue weighted by Gasteiger charge is -2.30. The second-order valence-corrected chi connectivity index (χ2v) is 7.38. The van der Waals surface area contributed by atoms with Crippen LogP contribution in [0.5, 0.6) is 0 Å². The summed E-state index contributed by atoms with van der Waals surface area (Å²) in [6, 6.07) is 7.23. The number of halogens is 1. The Bertz CT molecular complexity index is 520. The highest BCUT2D eigenvalue weighted by atomic mass is 19.1. The summed E-state index contributed by atoms with van der Waals surface area (Å²) in [5.41, 5.74) is 1.19. The Kier molecular flexibility index (Phi) is 6.21. The van der Waals surface area contributed by atoms with E-state index >= 15 is 0 Å². The van der Waals surface area contributed by atoms with Crippen LogP contribution in [0.25, 0.3) is 0 Å². The van der Waals surface area contributed by atoms with Gasteiger partial charge in [-0.3, -0.25) is 4.79 Å². The molecule has 1 aromatic carbocycles. The van der Waals surface area contributed by atoms with Gasteiger partial charge in [0.25, 0.3) is 5.91 Å². The highest BCUT2D eigenvalue weighted by Gasteiger charge is 2.26. The van der Waals surface area contributed by atoms with E-state index in [9.17, 15) is 9.18 Å². The lowest BCUT2D eigenvalue weighted by atomic mass is 9.95. The average molecular weight is 335 g/mol. The molecule has 1 aliphatic heterocycles. The molecule has 132 valence electrons. The van der Waals surface area contributed by atoms with Crippen LogP contribution in [-0.4, -0.2) is 44.7 Å². The average Bonchev–Trinajstić information content (AvgIpc) is 2.59. The van der Waals surface area contributed by atoms with Crippen molar-refractivity contribution in [3.05, 3.63) is 35.6 Å². The maximum atomic E-state index is 13.0. The number of hydrogen-bond donors (Lipinski definition) is 3. The molecule has 1 heterocycles. The molecule has 0 atom stereocenters. The van der Waals surface area contributed by atoms with E-state index < -0.39 is 0 Å². The lowest BCUT2D eigenvalue weighted by Crippen LogP contribution is -3.28. The molecule has 3 rings (SSSR count). The van der Waals surface area contributed by atoms with Crippen molar-refractivity contribution in [1.82, 2.24) is 5.32 Å². The summed E-state index contributed by atoms with van der Waals surface area (Å²) in [5, 5.41) is 3.22. The first kappa shape index (κ1) is 17.4. The molecular weight excluding hydrogens is 305 g/mol. The van der Waals surface area contributed by atoms with Crippen molar-refractivity contribution in [1.29, 1.82) is 0 Å². The predicted molar refractivity (Wildman–Crippen MR) is 91.4 cm³/mol. The third kappa shape index (κ3) is 5.28. The molecule has 1 amide bonds. The maximum Gasteiger partial charge on any atom is 0.275 e. The number of quaternary nitrogens is 2. The first-order valence-corrected chi connectivity index (χ1v) is 9.40. The zero-order chi connectivity index (χ0) is 16.8. The van der Waals surface area contributed by atoms with E-state index in [0.717, 1.165) is 45.6 Å². The van der Waals surface area contributed by atoms with Gasteiger partial charge in [0.15, 0.2) is 6.54 Å². The molecule has 1 aromatic rings. The van der Waals surface area contributed by atoms with E-state index in [4.69, 9.17) is 0 Å². The smallest absolute Gasteiger partial charge is 0.275 e. The quantitative estimate of drug-likeness (QED) is 0.671. The van der Waals surface area contributed by atoms with Crippen molar-refractivity contribution in [2.24, 2.45) is 0 Å². The minimum Gasteiger partial charge on any atom is -0.348 e. The second kappa shape index (κ2) is 8.58. The van der Waals surface area contributed by atoms with Crippen LogP contribution in [0.15, 0.2) is 24.3 Å². The Morgan fingerprint density at radius 2 is 1.62 bits per heavy atom. The molecule has 0 radical (unpaired) electrons. The van der Waals surface area contributed by atoms with Crippen LogP contribution < -0.4 is 15.1 Å². The van der Waals surface area contributed by atoms with Crippen LogP contribution in [0, 0.1) is 5.82 Å². The van der Waals surface area contributed by atoms with Gasteiger partial charge in [-0.05, 0) is 25.0 Å². The molecule has 5 heteroatoms. The first-order valence-electron chi connectivity index (χ1n) is 9.40. The first-order chi connectivity index (χ1) is 11.7. The van der Waals surface area contributed by atoms with Crippen molar-refractivity contribution < 1.29 is 19.0 Å². The fourth-order valence-corrected chi connectivity index (χ4v) is 3.95. The normalized spacial score (nSPS) is 25.4. The largest absolute Gasteiger partial charge is 0.348 e. The Labute approximate surface area is 144 Å². The predicted octanol–water partition coefficient (Wildman–Crippen LogP) is -0.442. The maximum absolute atomic E-state index is 13.0. The van der Waals surface area contributed by atoms with E-state index in [2.05, 4.69) is 5.32 Å². The number of nitrogens with one attached hydrogen (secondary N) is 3. The molecule has 24 heavy (non-hydrogen) atoms. The molecule has 0 aromatic heterocycles. The Morgan fingerprint density at radius 1 is 1.00 bits per heavy atom. The molecule has 2 aliphatic rings. The van der Waals surface area contributed by atoms with Crippen LogP contribution in [-0.2, 0) is 11.3 Å². The number of hydrogen-bond acceptors (Lipinski definition) is 1. The van der Waals surface area contributed by atoms with Crippen LogP contribution >= 0.6 is 0 Å². The molecule has 0 unspecified atom stereocenters. The molecule has 4 nitrogen and oxygen atoms in total. The lowest BCUT2D eigenvalue weighted by molar-refractivity contribution is -1.02. The van der Waals surface area contributed by atoms with Gasteiger partial charge in [0.05, 0.1) is 0 Å². The van der Waals surface area contributed by atoms with E-state index in [1.165, 1.54) is 46.8 Å². The van der Waals surface area contributed by atoms with Gasteiger partial charge in [0.2, 0.25) is 0 Å². The summed E-state index contributed by atoms with van der Waals surface area (Å²) >= 11 is 0. The monoisotopic (exact) mass is 335 g/mol. The molecular formula is C19H30FN3O+2. The van der Waals surface area contributed by atoms with Gasteiger partial charge in [0.1, 0.15) is 38.5 Å². The molecule has 2 fully saturated rings. The van der Waals surface area contributed by atoms with Crippen molar-refractivity contribution in [2.45, 2.75) is 44.7 Å². The van der Waals surface area contributed by atoms with Crippen LogP contribution in [0.2, 0.25) is 0 Å². The molecule has 3 N–H and O–H groups in total. The summed E-state index contributed by atoms with van der Waals surface area (Å²) in [5.74, 6) is 0.0471. The Morgan fingerprint density at radius 3 is 2.29 bits per heavy atom. The zero-order valence-corrected chi connectivity index (χ0v) is 14.5. The van der Waals surface area contributed by atoms with Gasteiger partial charge < -0.3 is 15.1 Å². The van der Waals surface area contributed by atoms with E-state index in [0.29, 0.717) is 12.6 Å². The number of carbonyl (C=O) groups excluding carboxylic acids is 1. The Hall–Kier alpha value is -1.46. The summed E-state index contributed by atoms with van der Waals surface area (Å²) in [7, 11) is 0. The Balaban J connectivity index is 1.37. The fourth-order valence-electron chi connectivity index (χ4n) is 3.95. The summed E-state index contributed by atoms with van der Waals surface area (Å²) in [6.07, 6.45) is 6.12. The SMILES string of the molecule is O=C(C[NH+]1CC[NH+](Cc2ccc(F)cc2)CC1)NC1CCCCC1. The molecule has 1 saturated heterocycles. The highest BCUT2D eigenvalue weighted by Crippen LogP contribution is 2.16. The number of piperazine rings is 1. The van der Waals surface area contributed by atoms with Crippen LogP contribution in [0.1, 0.15) is 37.7 Å². The molecule has 0 spiro atoms. The van der Waals surface area contributed by atoms with Gasteiger partial charge in [-0.25, -0.2) is 4.39 Å². The molecule has 1 aliphatic carbocycles. The van der Waals surface area contributed by atoms with E-state index in [1.54, 1.807) is 0 Å². The second-order valence-electron chi connectivity index (χ2n) is 7.38. The third-order valence-corrected chi connectivity index (χ3v) is 5.41. The minimum absolute atomic E-state index is 0.174. The number of carbonyl (C=O) groups is 1. The minimum atomic E-state index is -0.174. The van der Waals surface area contributed by atoms with E-state index in [1.807, 2.05) is 12.1 Å². The van der Waals surface area contributed by atoms with Crippen molar-refractivity contribution in [3.8, 4) is 0 Å². The molecule has 1 saturated carbocycles. The van der Waals surface area contributed by atoms with Gasteiger partial charge in [-0.2, -0.15) is 0 Å². The zero-order valence-electron chi connectivity index (χ0n) is 14.5. The van der Waals surface area contributed by atoms with Crippen LogP contribution in [0.4, 0.5) is 4.39 Å². The standard InChI is InChI=1S/C19H28FN3O/c20-17-8-6-16(7-9-17)14-22-10-12-23(13-11-22)15-19(24)21-18-4-2-1-3-5-18/h6-9,18H,1-5,10-15H2,(H,21,24)/p+2. The topological polar surface area (TPSA) is 38.0 Å². The van der Waals surface area contributed by atoms with Gasteiger partial charge >= 0.3 is 0 Å². The summed E-state index contributed by atoms with van der Waals surface area (Å²) in [4.78, 5) is 15.1. The van der Waals surface area contributed by atoms with Crippen molar-refractivity contribution in [2.75, 3.05) is 32.7 Å². The number of rotatable bonds is 5. The number of amides is 1. The van der Waals surface area contributed by atoms with Crippen LogP contribution in [0.3, 0.4) is 0 Å². The number of benzene rings is 1. The fraction of sp³-hybridized carbons (Fsp3) is 0.632. The van der Waals surface area contributed by atoms with Crippen molar-refractivity contribution >= 4 is 5.91 Å². The van der Waals surface area contributed by atoms with Gasteiger partial charge in [0, 0.05) is 11.6 Å². The van der Waals surface area contributed by atoms with E-state index in [-0.39, 0.29) is 11.7 Å². The summed E-state index contributed by atoms with van der Waals surface area (Å²) in [6.45, 7) is 5.78. The van der Waals surface area contributed by atoms with Gasteiger partial charge in [-0.15, -0.1) is 0 Å². The molecule has 0 bridgehead atoms. The summed E-state index contributed by atoms with van der Waals surface area (Å²) < 4.78 is 13.0.